The molecule has 1 heterocycles. The van der Waals surface area contributed by atoms with Crippen LogP contribution in [0, 0.1) is 13.8 Å². The topological polar surface area (TPSA) is 12.0 Å². The third kappa shape index (κ3) is 2.26. The normalized spacial score (nSPS) is 21.7. The van der Waals surface area contributed by atoms with Crippen LogP contribution in [0.3, 0.4) is 0 Å². The number of halogens is 1. The summed E-state index contributed by atoms with van der Waals surface area (Å²) in [6, 6.07) is 5.05. The molecule has 1 aromatic carbocycles. The quantitative estimate of drug-likeness (QED) is 0.815. The molecule has 0 saturated carbocycles. The van der Waals surface area contributed by atoms with Gasteiger partial charge in [-0.3, -0.25) is 0 Å². The summed E-state index contributed by atoms with van der Waals surface area (Å²) >= 11 is 3.67. The van der Waals surface area contributed by atoms with Gasteiger partial charge in [0, 0.05) is 10.5 Å². The van der Waals surface area contributed by atoms with Crippen molar-refractivity contribution in [3.63, 3.8) is 0 Å². The number of hydrogen-bond donors (Lipinski definition) is 1. The summed E-state index contributed by atoms with van der Waals surface area (Å²) in [5, 5.41) is 3.60. The maximum absolute atomic E-state index is 3.67. The SMILES string of the molecule is Cc1ccc(C2CCCCN2)c(C)c1Br. The van der Waals surface area contributed by atoms with E-state index in [1.165, 1.54) is 40.4 Å². The first-order valence-corrected chi connectivity index (χ1v) is 6.48. The van der Waals surface area contributed by atoms with Gasteiger partial charge in [-0.2, -0.15) is 0 Å². The number of rotatable bonds is 1. The van der Waals surface area contributed by atoms with E-state index >= 15 is 0 Å². The van der Waals surface area contributed by atoms with Crippen molar-refractivity contribution in [3.8, 4) is 0 Å². The second kappa shape index (κ2) is 4.67. The van der Waals surface area contributed by atoms with E-state index in [0.717, 1.165) is 6.54 Å². The first-order chi connectivity index (χ1) is 7.20. The van der Waals surface area contributed by atoms with E-state index in [4.69, 9.17) is 0 Å². The van der Waals surface area contributed by atoms with Gasteiger partial charge in [0.25, 0.3) is 0 Å². The van der Waals surface area contributed by atoms with Gasteiger partial charge in [-0.1, -0.05) is 34.5 Å². The molecule has 0 spiro atoms. The molecule has 1 aliphatic heterocycles. The fraction of sp³-hybridized carbons (Fsp3) is 0.538. The summed E-state index contributed by atoms with van der Waals surface area (Å²) in [7, 11) is 0. The third-order valence-corrected chi connectivity index (χ3v) is 4.53. The van der Waals surface area contributed by atoms with Crippen molar-refractivity contribution in [3.05, 3.63) is 33.3 Å². The monoisotopic (exact) mass is 267 g/mol. The summed E-state index contributed by atoms with van der Waals surface area (Å²) in [6.45, 7) is 5.52. The Morgan fingerprint density at radius 2 is 2.07 bits per heavy atom. The van der Waals surface area contributed by atoms with Crippen molar-refractivity contribution in [1.29, 1.82) is 0 Å². The van der Waals surface area contributed by atoms with Crippen LogP contribution in [0.15, 0.2) is 16.6 Å². The lowest BCUT2D eigenvalue weighted by Gasteiger charge is -2.26. The smallest absolute Gasteiger partial charge is 0.0323 e. The lowest BCUT2D eigenvalue weighted by molar-refractivity contribution is 0.411. The molecule has 1 aliphatic rings. The number of hydrogen-bond acceptors (Lipinski definition) is 1. The molecular formula is C13H18BrN. The summed E-state index contributed by atoms with van der Waals surface area (Å²) in [5.41, 5.74) is 4.19. The molecule has 0 aromatic heterocycles. The second-order valence-electron chi connectivity index (χ2n) is 4.41. The Morgan fingerprint density at radius 3 is 2.73 bits per heavy atom. The van der Waals surface area contributed by atoms with Crippen molar-refractivity contribution < 1.29 is 0 Å². The van der Waals surface area contributed by atoms with Gasteiger partial charge < -0.3 is 5.32 Å². The van der Waals surface area contributed by atoms with Crippen LogP contribution in [-0.4, -0.2) is 6.54 Å². The van der Waals surface area contributed by atoms with Gasteiger partial charge in [0.05, 0.1) is 0 Å². The second-order valence-corrected chi connectivity index (χ2v) is 5.21. The highest BCUT2D eigenvalue weighted by atomic mass is 79.9. The lowest BCUT2D eigenvalue weighted by atomic mass is 9.93. The Hall–Kier alpha value is -0.340. The molecule has 0 radical (unpaired) electrons. The molecule has 1 atom stereocenters. The van der Waals surface area contributed by atoms with Gasteiger partial charge in [-0.15, -0.1) is 0 Å². The van der Waals surface area contributed by atoms with Crippen molar-refractivity contribution in [1.82, 2.24) is 5.32 Å². The van der Waals surface area contributed by atoms with Crippen LogP contribution in [0.2, 0.25) is 0 Å². The van der Waals surface area contributed by atoms with Gasteiger partial charge >= 0.3 is 0 Å². The molecule has 82 valence electrons. The van der Waals surface area contributed by atoms with E-state index in [0.29, 0.717) is 6.04 Å². The molecule has 2 rings (SSSR count). The highest BCUT2D eigenvalue weighted by Gasteiger charge is 2.17. The largest absolute Gasteiger partial charge is 0.310 e. The van der Waals surface area contributed by atoms with E-state index in [-0.39, 0.29) is 0 Å². The molecule has 1 aromatic rings. The van der Waals surface area contributed by atoms with Gasteiger partial charge in [0.1, 0.15) is 0 Å². The van der Waals surface area contributed by atoms with E-state index in [2.05, 4.69) is 47.2 Å². The zero-order chi connectivity index (χ0) is 10.8. The van der Waals surface area contributed by atoms with Crippen LogP contribution in [0.1, 0.15) is 42.0 Å². The van der Waals surface area contributed by atoms with Crippen LogP contribution in [-0.2, 0) is 0 Å². The Morgan fingerprint density at radius 1 is 1.27 bits per heavy atom. The Kier molecular flexibility index (Phi) is 3.47. The van der Waals surface area contributed by atoms with E-state index in [1.54, 1.807) is 0 Å². The first kappa shape index (κ1) is 11.2. The zero-order valence-corrected chi connectivity index (χ0v) is 11.0. The number of benzene rings is 1. The van der Waals surface area contributed by atoms with E-state index in [9.17, 15) is 0 Å². The van der Waals surface area contributed by atoms with Crippen LogP contribution in [0.4, 0.5) is 0 Å². The van der Waals surface area contributed by atoms with Crippen LogP contribution in [0.25, 0.3) is 0 Å². The van der Waals surface area contributed by atoms with Crippen LogP contribution >= 0.6 is 15.9 Å². The molecule has 1 saturated heterocycles. The summed E-state index contributed by atoms with van der Waals surface area (Å²) in [4.78, 5) is 0. The van der Waals surface area contributed by atoms with E-state index in [1.807, 2.05) is 0 Å². The van der Waals surface area contributed by atoms with Gasteiger partial charge in [0.2, 0.25) is 0 Å². The van der Waals surface area contributed by atoms with E-state index < -0.39 is 0 Å². The van der Waals surface area contributed by atoms with Gasteiger partial charge in [-0.25, -0.2) is 0 Å². The first-order valence-electron chi connectivity index (χ1n) is 5.69. The van der Waals surface area contributed by atoms with Gasteiger partial charge in [0.15, 0.2) is 0 Å². The third-order valence-electron chi connectivity index (χ3n) is 3.31. The molecule has 1 fully saturated rings. The summed E-state index contributed by atoms with van der Waals surface area (Å²) in [6.07, 6.45) is 3.95. The number of nitrogens with one attached hydrogen (secondary N) is 1. The summed E-state index contributed by atoms with van der Waals surface area (Å²) in [5.74, 6) is 0. The molecule has 1 N–H and O–H groups in total. The number of aryl methyl sites for hydroxylation is 1. The van der Waals surface area contributed by atoms with Crippen molar-refractivity contribution in [2.45, 2.75) is 39.2 Å². The average molecular weight is 268 g/mol. The molecule has 0 aliphatic carbocycles. The highest BCUT2D eigenvalue weighted by molar-refractivity contribution is 9.10. The Labute approximate surface area is 100 Å². The predicted octanol–water partition coefficient (Wildman–Crippen LogP) is 3.88. The Bertz CT molecular complexity index is 354. The minimum Gasteiger partial charge on any atom is -0.310 e. The fourth-order valence-electron chi connectivity index (χ4n) is 2.33. The maximum atomic E-state index is 3.67. The fourth-order valence-corrected chi connectivity index (χ4v) is 2.69. The minimum absolute atomic E-state index is 0.565. The number of piperidine rings is 1. The predicted molar refractivity (Wildman–Crippen MR) is 68.2 cm³/mol. The van der Waals surface area contributed by atoms with Crippen LogP contribution < -0.4 is 5.32 Å². The van der Waals surface area contributed by atoms with Crippen molar-refractivity contribution >= 4 is 15.9 Å². The highest BCUT2D eigenvalue weighted by Crippen LogP contribution is 2.31. The summed E-state index contributed by atoms with van der Waals surface area (Å²) < 4.78 is 1.27. The minimum atomic E-state index is 0.565. The van der Waals surface area contributed by atoms with Crippen molar-refractivity contribution in [2.24, 2.45) is 0 Å². The molecular weight excluding hydrogens is 250 g/mol. The lowest BCUT2D eigenvalue weighted by Crippen LogP contribution is -2.27. The molecule has 1 unspecified atom stereocenters. The zero-order valence-electron chi connectivity index (χ0n) is 9.44. The molecule has 15 heavy (non-hydrogen) atoms. The molecule has 0 amide bonds. The van der Waals surface area contributed by atoms with Gasteiger partial charge in [-0.05, 0) is 49.9 Å². The standard InChI is InChI=1S/C13H18BrN/c1-9-6-7-11(10(2)13(9)14)12-5-3-4-8-15-12/h6-7,12,15H,3-5,8H2,1-2H3. The molecule has 1 nitrogen and oxygen atoms in total. The Balaban J connectivity index is 2.31. The maximum Gasteiger partial charge on any atom is 0.0323 e. The molecule has 0 bridgehead atoms. The van der Waals surface area contributed by atoms with Crippen LogP contribution in [0.5, 0.6) is 0 Å². The van der Waals surface area contributed by atoms with Crippen molar-refractivity contribution in [2.75, 3.05) is 6.54 Å². The average Bonchev–Trinajstić information content (AvgIpc) is 2.27. The molecule has 2 heteroatoms.